The molecule has 0 atom stereocenters. The summed E-state index contributed by atoms with van der Waals surface area (Å²) < 4.78 is 0. The van der Waals surface area contributed by atoms with E-state index in [9.17, 15) is 0 Å². The Hall–Kier alpha value is -0.770. The first kappa shape index (κ1) is 12.7. The van der Waals surface area contributed by atoms with Crippen LogP contribution >= 0.6 is 34.5 Å². The molecule has 0 bridgehead atoms. The van der Waals surface area contributed by atoms with Gasteiger partial charge in [0.15, 0.2) is 0 Å². The highest BCUT2D eigenvalue weighted by Gasteiger charge is 2.02. The summed E-state index contributed by atoms with van der Waals surface area (Å²) in [6.07, 6.45) is 0.984. The van der Waals surface area contributed by atoms with Gasteiger partial charge in [-0.1, -0.05) is 30.1 Å². The van der Waals surface area contributed by atoms with Gasteiger partial charge >= 0.3 is 0 Å². The Kier molecular flexibility index (Phi) is 4.26. The maximum absolute atomic E-state index is 5.94. The Morgan fingerprint density at radius 2 is 2.12 bits per heavy atom. The Morgan fingerprint density at radius 3 is 2.76 bits per heavy atom. The number of aryl methyl sites for hydroxylation is 1. The van der Waals surface area contributed by atoms with Crippen molar-refractivity contribution in [2.45, 2.75) is 19.9 Å². The van der Waals surface area contributed by atoms with Crippen molar-refractivity contribution in [3.8, 4) is 0 Å². The molecule has 1 heterocycles. The molecule has 0 aliphatic heterocycles. The highest BCUT2D eigenvalue weighted by atomic mass is 35.5. The average Bonchev–Trinajstić information content (AvgIpc) is 2.79. The van der Waals surface area contributed by atoms with Crippen molar-refractivity contribution in [1.29, 1.82) is 0 Å². The molecule has 90 valence electrons. The average molecular weight is 287 g/mol. The summed E-state index contributed by atoms with van der Waals surface area (Å²) in [4.78, 5) is 4.48. The monoisotopic (exact) mass is 286 g/mol. The molecule has 1 aromatic carbocycles. The lowest BCUT2D eigenvalue weighted by Crippen LogP contribution is -1.99. The predicted molar refractivity (Wildman–Crippen MR) is 75.3 cm³/mol. The zero-order chi connectivity index (χ0) is 12.3. The number of anilines is 1. The molecule has 0 saturated carbocycles. The molecule has 17 heavy (non-hydrogen) atoms. The number of benzene rings is 1. The van der Waals surface area contributed by atoms with Crippen molar-refractivity contribution in [2.24, 2.45) is 0 Å². The lowest BCUT2D eigenvalue weighted by atomic mass is 10.3. The van der Waals surface area contributed by atoms with Gasteiger partial charge in [-0.25, -0.2) is 4.98 Å². The first-order valence-electron chi connectivity index (χ1n) is 5.31. The highest BCUT2D eigenvalue weighted by molar-refractivity contribution is 7.09. The maximum atomic E-state index is 5.94. The largest absolute Gasteiger partial charge is 0.379 e. The first-order chi connectivity index (χ1) is 8.19. The van der Waals surface area contributed by atoms with Crippen LogP contribution in [0.3, 0.4) is 0 Å². The fourth-order valence-electron chi connectivity index (χ4n) is 1.39. The summed E-state index contributed by atoms with van der Waals surface area (Å²) in [5, 5.41) is 7.63. The van der Waals surface area contributed by atoms with Gasteiger partial charge in [0.25, 0.3) is 0 Å². The summed E-state index contributed by atoms with van der Waals surface area (Å²) in [6, 6.07) is 5.50. The second-order valence-electron chi connectivity index (χ2n) is 3.57. The number of halogens is 2. The van der Waals surface area contributed by atoms with Gasteiger partial charge in [-0.05, 0) is 24.6 Å². The molecular weight excluding hydrogens is 275 g/mol. The van der Waals surface area contributed by atoms with Crippen LogP contribution in [0.2, 0.25) is 10.0 Å². The summed E-state index contributed by atoms with van der Waals surface area (Å²) in [5.41, 5.74) is 2.00. The Balaban J connectivity index is 1.99. The second-order valence-corrected chi connectivity index (χ2v) is 5.33. The molecule has 0 fully saturated rings. The van der Waals surface area contributed by atoms with Crippen LogP contribution in [0.15, 0.2) is 23.6 Å². The molecule has 2 aromatic rings. The van der Waals surface area contributed by atoms with Gasteiger partial charge in [-0.3, -0.25) is 0 Å². The zero-order valence-electron chi connectivity index (χ0n) is 9.34. The summed E-state index contributed by atoms with van der Waals surface area (Å²) in [5.74, 6) is 0. The van der Waals surface area contributed by atoms with Gasteiger partial charge in [0.1, 0.15) is 0 Å². The van der Waals surface area contributed by atoms with Crippen molar-refractivity contribution in [3.63, 3.8) is 0 Å². The summed E-state index contributed by atoms with van der Waals surface area (Å²) >= 11 is 13.5. The van der Waals surface area contributed by atoms with Crippen LogP contribution in [-0.2, 0) is 13.0 Å². The van der Waals surface area contributed by atoms with E-state index in [0.29, 0.717) is 16.6 Å². The van der Waals surface area contributed by atoms with E-state index in [0.717, 1.165) is 22.8 Å². The molecule has 1 N–H and O–H groups in total. The molecule has 0 unspecified atom stereocenters. The van der Waals surface area contributed by atoms with E-state index in [-0.39, 0.29) is 0 Å². The van der Waals surface area contributed by atoms with E-state index < -0.39 is 0 Å². The molecule has 5 heteroatoms. The number of aromatic nitrogens is 1. The van der Waals surface area contributed by atoms with E-state index in [4.69, 9.17) is 23.2 Å². The van der Waals surface area contributed by atoms with Crippen molar-refractivity contribution in [2.75, 3.05) is 5.32 Å². The van der Waals surface area contributed by atoms with E-state index in [1.165, 1.54) is 0 Å². The van der Waals surface area contributed by atoms with Crippen molar-refractivity contribution < 1.29 is 0 Å². The van der Waals surface area contributed by atoms with E-state index >= 15 is 0 Å². The standard InChI is InChI=1S/C12H12Cl2N2S/c1-2-12-16-9(7-17-12)6-15-8-3-4-10(13)11(14)5-8/h3-5,7,15H,2,6H2,1H3. The van der Waals surface area contributed by atoms with Gasteiger partial charge in [-0.2, -0.15) is 0 Å². The van der Waals surface area contributed by atoms with Crippen LogP contribution in [0.25, 0.3) is 0 Å². The highest BCUT2D eigenvalue weighted by Crippen LogP contribution is 2.25. The number of hydrogen-bond acceptors (Lipinski definition) is 3. The number of rotatable bonds is 4. The molecule has 0 saturated heterocycles. The third kappa shape index (κ3) is 3.35. The fourth-order valence-corrected chi connectivity index (χ4v) is 2.43. The van der Waals surface area contributed by atoms with Crippen LogP contribution in [-0.4, -0.2) is 4.98 Å². The second kappa shape index (κ2) is 5.71. The van der Waals surface area contributed by atoms with E-state index in [2.05, 4.69) is 22.6 Å². The van der Waals surface area contributed by atoms with Crippen LogP contribution in [0.4, 0.5) is 5.69 Å². The van der Waals surface area contributed by atoms with Gasteiger partial charge in [0.2, 0.25) is 0 Å². The smallest absolute Gasteiger partial charge is 0.0926 e. The van der Waals surface area contributed by atoms with Crippen molar-refractivity contribution in [1.82, 2.24) is 4.98 Å². The van der Waals surface area contributed by atoms with Crippen molar-refractivity contribution in [3.05, 3.63) is 44.3 Å². The summed E-state index contributed by atoms with van der Waals surface area (Å²) in [7, 11) is 0. The molecule has 2 nitrogen and oxygen atoms in total. The molecule has 0 aliphatic rings. The van der Waals surface area contributed by atoms with Crippen LogP contribution in [0.1, 0.15) is 17.6 Å². The molecule has 0 amide bonds. The molecule has 2 rings (SSSR count). The lowest BCUT2D eigenvalue weighted by Gasteiger charge is -2.05. The Labute approximate surface area is 115 Å². The number of hydrogen-bond donors (Lipinski definition) is 1. The van der Waals surface area contributed by atoms with Crippen LogP contribution in [0, 0.1) is 0 Å². The van der Waals surface area contributed by atoms with Gasteiger partial charge < -0.3 is 5.32 Å². The molecular formula is C12H12Cl2N2S. The third-order valence-electron chi connectivity index (χ3n) is 2.29. The van der Waals surface area contributed by atoms with Crippen molar-refractivity contribution >= 4 is 40.2 Å². The van der Waals surface area contributed by atoms with Crippen LogP contribution < -0.4 is 5.32 Å². The van der Waals surface area contributed by atoms with E-state index in [1.54, 1.807) is 17.4 Å². The van der Waals surface area contributed by atoms with Gasteiger partial charge in [0, 0.05) is 11.1 Å². The minimum Gasteiger partial charge on any atom is -0.379 e. The minimum absolute atomic E-state index is 0.559. The Morgan fingerprint density at radius 1 is 1.29 bits per heavy atom. The lowest BCUT2D eigenvalue weighted by molar-refractivity contribution is 1.01. The number of nitrogens with one attached hydrogen (secondary N) is 1. The topological polar surface area (TPSA) is 24.9 Å². The van der Waals surface area contributed by atoms with Crippen LogP contribution in [0.5, 0.6) is 0 Å². The molecule has 1 aromatic heterocycles. The zero-order valence-corrected chi connectivity index (χ0v) is 11.7. The third-order valence-corrected chi connectivity index (χ3v) is 4.08. The van der Waals surface area contributed by atoms with Gasteiger partial charge in [0.05, 0.1) is 27.3 Å². The Bertz CT molecular complexity index is 511. The summed E-state index contributed by atoms with van der Waals surface area (Å²) in [6.45, 7) is 2.81. The quantitative estimate of drug-likeness (QED) is 0.887. The first-order valence-corrected chi connectivity index (χ1v) is 6.95. The maximum Gasteiger partial charge on any atom is 0.0926 e. The number of nitrogens with zero attached hydrogens (tertiary/aromatic N) is 1. The SMILES string of the molecule is CCc1nc(CNc2ccc(Cl)c(Cl)c2)cs1. The van der Waals surface area contributed by atoms with E-state index in [1.807, 2.05) is 12.1 Å². The molecule has 0 radical (unpaired) electrons. The molecule has 0 spiro atoms. The van der Waals surface area contributed by atoms with Gasteiger partial charge in [-0.15, -0.1) is 11.3 Å². The normalized spacial score (nSPS) is 10.5. The predicted octanol–water partition coefficient (Wildman–Crippen LogP) is 4.62. The fraction of sp³-hybridized carbons (Fsp3) is 0.250. The molecule has 0 aliphatic carbocycles. The minimum atomic E-state index is 0.559. The number of thiazole rings is 1.